The van der Waals surface area contributed by atoms with E-state index in [1.807, 2.05) is 4.90 Å². The molecule has 0 saturated carbocycles. The van der Waals surface area contributed by atoms with Crippen molar-refractivity contribution in [2.75, 3.05) is 32.7 Å². The highest BCUT2D eigenvalue weighted by Crippen LogP contribution is 2.26. The summed E-state index contributed by atoms with van der Waals surface area (Å²) in [6.07, 6.45) is 1.42. The Morgan fingerprint density at radius 3 is 2.80 bits per heavy atom. The van der Waals surface area contributed by atoms with Crippen LogP contribution in [-0.2, 0) is 16.1 Å². The fourth-order valence-corrected chi connectivity index (χ4v) is 3.54. The molecular weight excluding hydrogens is 325 g/mol. The third-order valence-corrected chi connectivity index (χ3v) is 4.91. The van der Waals surface area contributed by atoms with E-state index < -0.39 is 5.60 Å². The molecule has 0 radical (unpaired) electrons. The number of aliphatic hydroxyl groups is 1. The molecule has 6 nitrogen and oxygen atoms in total. The molecule has 0 aromatic heterocycles. The van der Waals surface area contributed by atoms with Crippen LogP contribution >= 0.6 is 0 Å². The average molecular weight is 349 g/mol. The summed E-state index contributed by atoms with van der Waals surface area (Å²) >= 11 is 0. The van der Waals surface area contributed by atoms with Crippen molar-refractivity contribution in [2.24, 2.45) is 0 Å². The van der Waals surface area contributed by atoms with Gasteiger partial charge in [0.25, 0.3) is 5.91 Å². The molecule has 2 fully saturated rings. The first kappa shape index (κ1) is 17.8. The monoisotopic (exact) mass is 349 g/mol. The maximum atomic E-state index is 13.9. The Morgan fingerprint density at radius 2 is 2.00 bits per heavy atom. The molecule has 0 aliphatic carbocycles. The van der Waals surface area contributed by atoms with Crippen molar-refractivity contribution in [1.29, 1.82) is 0 Å². The van der Waals surface area contributed by atoms with Crippen molar-refractivity contribution >= 4 is 11.8 Å². The second-order valence-corrected chi connectivity index (χ2v) is 6.83. The second-order valence-electron chi connectivity index (χ2n) is 6.83. The highest BCUT2D eigenvalue weighted by molar-refractivity contribution is 5.86. The van der Waals surface area contributed by atoms with Crippen LogP contribution in [0, 0.1) is 5.82 Å². The van der Waals surface area contributed by atoms with Crippen molar-refractivity contribution in [3.8, 4) is 0 Å². The summed E-state index contributed by atoms with van der Waals surface area (Å²) in [5, 5.41) is 13.7. The van der Waals surface area contributed by atoms with Gasteiger partial charge in [-0.15, -0.1) is 0 Å². The first-order valence-electron chi connectivity index (χ1n) is 8.72. The van der Waals surface area contributed by atoms with Gasteiger partial charge < -0.3 is 15.3 Å². The molecule has 2 saturated heterocycles. The van der Waals surface area contributed by atoms with Crippen LogP contribution in [0.25, 0.3) is 0 Å². The van der Waals surface area contributed by atoms with E-state index in [4.69, 9.17) is 0 Å². The number of rotatable bonds is 4. The largest absolute Gasteiger partial charge is 0.379 e. The van der Waals surface area contributed by atoms with Crippen LogP contribution in [0.3, 0.4) is 0 Å². The van der Waals surface area contributed by atoms with Gasteiger partial charge in [-0.3, -0.25) is 14.5 Å². The summed E-state index contributed by atoms with van der Waals surface area (Å²) in [4.78, 5) is 27.8. The van der Waals surface area contributed by atoms with Crippen LogP contribution in [0.2, 0.25) is 0 Å². The number of hydrogen-bond acceptors (Lipinski definition) is 4. The second kappa shape index (κ2) is 7.49. The minimum Gasteiger partial charge on any atom is -0.379 e. The van der Waals surface area contributed by atoms with E-state index in [0.29, 0.717) is 51.0 Å². The number of benzene rings is 1. The molecule has 1 atom stereocenters. The number of halogens is 1. The molecule has 1 aromatic carbocycles. The Kier molecular flexibility index (Phi) is 5.34. The zero-order valence-corrected chi connectivity index (χ0v) is 14.2. The molecule has 2 aliphatic rings. The maximum absolute atomic E-state index is 13.9. The molecule has 136 valence electrons. The summed E-state index contributed by atoms with van der Waals surface area (Å²) in [6, 6.07) is 6.38. The number of likely N-dealkylation sites (tertiary alicyclic amines) is 1. The van der Waals surface area contributed by atoms with E-state index in [1.165, 1.54) is 11.0 Å². The van der Waals surface area contributed by atoms with Crippen molar-refractivity contribution in [3.63, 3.8) is 0 Å². The van der Waals surface area contributed by atoms with Gasteiger partial charge in [0.05, 0.1) is 0 Å². The number of hydrogen-bond donors (Lipinski definition) is 2. The lowest BCUT2D eigenvalue weighted by Crippen LogP contribution is -2.58. The summed E-state index contributed by atoms with van der Waals surface area (Å²) < 4.78 is 13.9. The predicted molar refractivity (Wildman–Crippen MR) is 90.1 cm³/mol. The molecule has 25 heavy (non-hydrogen) atoms. The summed E-state index contributed by atoms with van der Waals surface area (Å²) in [5.74, 6) is -0.710. The van der Waals surface area contributed by atoms with E-state index in [9.17, 15) is 19.1 Å². The lowest BCUT2D eigenvalue weighted by molar-refractivity contribution is -0.160. The van der Waals surface area contributed by atoms with Gasteiger partial charge in [0.1, 0.15) is 5.82 Å². The SMILES string of the molecule is O=C1CCN(C[C@@]2(O)CCCN(Cc3ccccc3F)C2=O)CCN1. The first-order chi connectivity index (χ1) is 12.0. The lowest BCUT2D eigenvalue weighted by atomic mass is 9.90. The Labute approximate surface area is 146 Å². The van der Waals surface area contributed by atoms with Crippen LogP contribution in [-0.4, -0.2) is 65.0 Å². The quantitative estimate of drug-likeness (QED) is 0.830. The Hall–Kier alpha value is -1.99. The van der Waals surface area contributed by atoms with Gasteiger partial charge in [-0.1, -0.05) is 18.2 Å². The van der Waals surface area contributed by atoms with Crippen molar-refractivity contribution in [1.82, 2.24) is 15.1 Å². The molecule has 1 aromatic rings. The zero-order valence-electron chi connectivity index (χ0n) is 14.2. The van der Waals surface area contributed by atoms with Crippen LogP contribution in [0.4, 0.5) is 4.39 Å². The van der Waals surface area contributed by atoms with Gasteiger partial charge in [-0.25, -0.2) is 4.39 Å². The van der Waals surface area contributed by atoms with Gasteiger partial charge >= 0.3 is 0 Å². The third-order valence-electron chi connectivity index (χ3n) is 4.91. The topological polar surface area (TPSA) is 72.9 Å². The smallest absolute Gasteiger partial charge is 0.256 e. The van der Waals surface area contributed by atoms with Gasteiger partial charge in [-0.2, -0.15) is 0 Å². The molecule has 0 spiro atoms. The van der Waals surface area contributed by atoms with E-state index in [2.05, 4.69) is 5.32 Å². The number of β-amino-alcohol motifs (C(OH)–C–C–N with tert-alkyl or cyclic N) is 1. The summed E-state index contributed by atoms with van der Waals surface area (Å²) in [5.41, 5.74) is -1.03. The fourth-order valence-electron chi connectivity index (χ4n) is 3.54. The first-order valence-corrected chi connectivity index (χ1v) is 8.72. The van der Waals surface area contributed by atoms with Gasteiger partial charge in [0, 0.05) is 51.3 Å². The molecule has 2 amide bonds. The van der Waals surface area contributed by atoms with E-state index >= 15 is 0 Å². The van der Waals surface area contributed by atoms with Crippen molar-refractivity contribution in [3.05, 3.63) is 35.6 Å². The number of carbonyl (C=O) groups is 2. The Morgan fingerprint density at radius 1 is 1.20 bits per heavy atom. The molecule has 7 heteroatoms. The lowest BCUT2D eigenvalue weighted by Gasteiger charge is -2.40. The van der Waals surface area contributed by atoms with Crippen LogP contribution in [0.5, 0.6) is 0 Å². The van der Waals surface area contributed by atoms with Crippen LogP contribution in [0.15, 0.2) is 24.3 Å². The molecule has 2 heterocycles. The third kappa shape index (κ3) is 4.16. The van der Waals surface area contributed by atoms with Crippen LogP contribution < -0.4 is 5.32 Å². The number of amides is 2. The summed E-state index contributed by atoms with van der Waals surface area (Å²) in [7, 11) is 0. The van der Waals surface area contributed by atoms with E-state index in [1.54, 1.807) is 18.2 Å². The average Bonchev–Trinajstić information content (AvgIpc) is 2.78. The molecule has 3 rings (SSSR count). The molecular formula is C18H24FN3O3. The number of piperidine rings is 1. The van der Waals surface area contributed by atoms with Gasteiger partial charge in [0.15, 0.2) is 5.60 Å². The van der Waals surface area contributed by atoms with Gasteiger partial charge in [-0.05, 0) is 18.9 Å². The fraction of sp³-hybridized carbons (Fsp3) is 0.556. The molecule has 0 bridgehead atoms. The molecule has 0 unspecified atom stereocenters. The number of nitrogens with one attached hydrogen (secondary N) is 1. The maximum Gasteiger partial charge on any atom is 0.256 e. The number of carbonyl (C=O) groups excluding carboxylic acids is 2. The van der Waals surface area contributed by atoms with Crippen molar-refractivity contribution in [2.45, 2.75) is 31.4 Å². The minimum absolute atomic E-state index is 0.00867. The predicted octanol–water partition coefficient (Wildman–Crippen LogP) is 0.501. The van der Waals surface area contributed by atoms with Crippen LogP contribution in [0.1, 0.15) is 24.8 Å². The van der Waals surface area contributed by atoms with E-state index in [-0.39, 0.29) is 30.7 Å². The highest BCUT2D eigenvalue weighted by atomic mass is 19.1. The highest BCUT2D eigenvalue weighted by Gasteiger charge is 2.43. The normalized spacial score (nSPS) is 25.6. The minimum atomic E-state index is -1.48. The number of nitrogens with zero attached hydrogens (tertiary/aromatic N) is 2. The van der Waals surface area contributed by atoms with E-state index in [0.717, 1.165) is 0 Å². The van der Waals surface area contributed by atoms with Crippen molar-refractivity contribution < 1.29 is 19.1 Å². The molecule has 2 aliphatic heterocycles. The van der Waals surface area contributed by atoms with Gasteiger partial charge in [0.2, 0.25) is 5.91 Å². The summed E-state index contributed by atoms with van der Waals surface area (Å²) in [6.45, 7) is 2.52. The Bertz CT molecular complexity index is 654. The molecule has 2 N–H and O–H groups in total. The zero-order chi connectivity index (χ0) is 17.9. The Balaban J connectivity index is 1.68. The standard InChI is InChI=1S/C18H24FN3O3/c19-15-5-2-1-4-14(15)12-22-9-3-7-18(25,17(22)24)13-21-10-6-16(23)20-8-11-21/h1-2,4-5,25H,3,6-13H2,(H,20,23)/t18-/m0/s1.